The minimum absolute atomic E-state index is 0.0197. The molecule has 0 aliphatic rings. The maximum Gasteiger partial charge on any atom is 0.289 e. The molecule has 0 bridgehead atoms. The molecular formula is C20H22N4O3. The molecule has 0 fully saturated rings. The molecule has 0 unspecified atom stereocenters. The molecule has 3 aromatic rings. The summed E-state index contributed by atoms with van der Waals surface area (Å²) in [6, 6.07) is 13.3. The Morgan fingerprint density at radius 2 is 1.81 bits per heavy atom. The van der Waals surface area contributed by atoms with Crippen molar-refractivity contribution in [2.24, 2.45) is 0 Å². The van der Waals surface area contributed by atoms with Gasteiger partial charge in [0, 0.05) is 32.4 Å². The molecule has 0 aliphatic heterocycles. The lowest BCUT2D eigenvalue weighted by molar-refractivity contribution is -0.130. The van der Waals surface area contributed by atoms with Crippen LogP contribution >= 0.6 is 0 Å². The number of rotatable bonds is 7. The van der Waals surface area contributed by atoms with Crippen molar-refractivity contribution < 1.29 is 14.0 Å². The largest absolute Gasteiger partial charge is 0.459 e. The smallest absolute Gasteiger partial charge is 0.289 e. The van der Waals surface area contributed by atoms with Crippen LogP contribution in [0.2, 0.25) is 0 Å². The Hall–Kier alpha value is -3.35. The first-order valence-corrected chi connectivity index (χ1v) is 8.61. The van der Waals surface area contributed by atoms with E-state index in [1.165, 1.54) is 11.2 Å². The van der Waals surface area contributed by atoms with Crippen molar-refractivity contribution >= 4 is 11.8 Å². The van der Waals surface area contributed by atoms with Crippen LogP contribution in [0.3, 0.4) is 0 Å². The van der Waals surface area contributed by atoms with Crippen molar-refractivity contribution in [2.45, 2.75) is 13.1 Å². The van der Waals surface area contributed by atoms with Crippen LogP contribution in [0.5, 0.6) is 0 Å². The van der Waals surface area contributed by atoms with E-state index in [1.807, 2.05) is 41.2 Å². The van der Waals surface area contributed by atoms with Gasteiger partial charge in [0.1, 0.15) is 0 Å². The van der Waals surface area contributed by atoms with Crippen LogP contribution in [0.1, 0.15) is 21.7 Å². The lowest BCUT2D eigenvalue weighted by atomic mass is 10.2. The van der Waals surface area contributed by atoms with Gasteiger partial charge in [0.15, 0.2) is 5.76 Å². The van der Waals surface area contributed by atoms with Gasteiger partial charge in [-0.25, -0.2) is 0 Å². The summed E-state index contributed by atoms with van der Waals surface area (Å²) in [7, 11) is 3.29. The molecule has 0 saturated heterocycles. The zero-order valence-electron chi connectivity index (χ0n) is 15.4. The van der Waals surface area contributed by atoms with Gasteiger partial charge in [-0.2, -0.15) is 5.10 Å². The summed E-state index contributed by atoms with van der Waals surface area (Å²) in [5.41, 5.74) is 2.09. The Bertz CT molecular complexity index is 887. The van der Waals surface area contributed by atoms with Crippen LogP contribution in [0.4, 0.5) is 0 Å². The van der Waals surface area contributed by atoms with Crippen molar-refractivity contribution in [2.75, 3.05) is 20.6 Å². The van der Waals surface area contributed by atoms with E-state index in [0.717, 1.165) is 11.1 Å². The zero-order valence-corrected chi connectivity index (χ0v) is 15.4. The maximum absolute atomic E-state index is 12.4. The van der Waals surface area contributed by atoms with Crippen LogP contribution in [-0.2, 0) is 17.9 Å². The number of furan rings is 1. The third-order valence-electron chi connectivity index (χ3n) is 4.17. The van der Waals surface area contributed by atoms with Crippen LogP contribution in [0.15, 0.2) is 65.5 Å². The van der Waals surface area contributed by atoms with E-state index in [9.17, 15) is 9.59 Å². The first-order chi connectivity index (χ1) is 13.0. The SMILES string of the molecule is CN(Cc1cnn(Cc2ccccc2)c1)C(=O)CN(C)C(=O)c1ccco1. The summed E-state index contributed by atoms with van der Waals surface area (Å²) in [5, 5.41) is 4.35. The third-order valence-corrected chi connectivity index (χ3v) is 4.17. The second-order valence-electron chi connectivity index (χ2n) is 6.42. The molecule has 0 saturated carbocycles. The van der Waals surface area contributed by atoms with Gasteiger partial charge in [0.05, 0.1) is 25.5 Å². The fourth-order valence-electron chi connectivity index (χ4n) is 2.69. The summed E-state index contributed by atoms with van der Waals surface area (Å²) in [6.07, 6.45) is 5.11. The molecular weight excluding hydrogens is 344 g/mol. The molecule has 2 amide bonds. The number of aromatic nitrogens is 2. The lowest BCUT2D eigenvalue weighted by Gasteiger charge is -2.21. The van der Waals surface area contributed by atoms with E-state index in [4.69, 9.17) is 4.42 Å². The molecule has 3 rings (SSSR count). The molecule has 140 valence electrons. The lowest BCUT2D eigenvalue weighted by Crippen LogP contribution is -2.39. The molecule has 27 heavy (non-hydrogen) atoms. The van der Waals surface area contributed by atoms with E-state index >= 15 is 0 Å². The van der Waals surface area contributed by atoms with Gasteiger partial charge in [-0.3, -0.25) is 14.3 Å². The average molecular weight is 366 g/mol. The van der Waals surface area contributed by atoms with Gasteiger partial charge in [-0.1, -0.05) is 30.3 Å². The van der Waals surface area contributed by atoms with Crippen LogP contribution in [-0.4, -0.2) is 52.0 Å². The maximum atomic E-state index is 12.4. The van der Waals surface area contributed by atoms with Crippen LogP contribution in [0.25, 0.3) is 0 Å². The molecule has 0 spiro atoms. The summed E-state index contributed by atoms with van der Waals surface area (Å²) in [4.78, 5) is 27.5. The number of hydrogen-bond donors (Lipinski definition) is 0. The summed E-state index contributed by atoms with van der Waals surface area (Å²) < 4.78 is 6.92. The molecule has 7 nitrogen and oxygen atoms in total. The summed E-state index contributed by atoms with van der Waals surface area (Å²) in [5.74, 6) is -0.263. The van der Waals surface area contributed by atoms with Crippen molar-refractivity contribution in [3.63, 3.8) is 0 Å². The van der Waals surface area contributed by atoms with E-state index in [1.54, 1.807) is 37.3 Å². The fourth-order valence-corrected chi connectivity index (χ4v) is 2.69. The highest BCUT2D eigenvalue weighted by molar-refractivity contribution is 5.94. The molecule has 2 aromatic heterocycles. The highest BCUT2D eigenvalue weighted by Gasteiger charge is 2.19. The number of carbonyl (C=O) groups excluding carboxylic acids is 2. The second-order valence-corrected chi connectivity index (χ2v) is 6.42. The van der Waals surface area contributed by atoms with Crippen LogP contribution < -0.4 is 0 Å². The van der Waals surface area contributed by atoms with Gasteiger partial charge in [0.2, 0.25) is 5.91 Å². The Labute approximate surface area is 157 Å². The quantitative estimate of drug-likeness (QED) is 0.643. The van der Waals surface area contributed by atoms with Crippen molar-refractivity contribution in [1.82, 2.24) is 19.6 Å². The fraction of sp³-hybridized carbons (Fsp3) is 0.250. The number of nitrogens with zero attached hydrogens (tertiary/aromatic N) is 4. The highest BCUT2D eigenvalue weighted by Crippen LogP contribution is 2.08. The standard InChI is InChI=1S/C20H22N4O3/c1-22(19(25)15-23(2)20(26)18-9-6-10-27-18)12-17-11-21-24(14-17)13-16-7-4-3-5-8-16/h3-11,14H,12-13,15H2,1-2H3. The zero-order chi connectivity index (χ0) is 19.2. The number of hydrogen-bond acceptors (Lipinski definition) is 4. The van der Waals surface area contributed by atoms with Gasteiger partial charge in [-0.05, 0) is 17.7 Å². The third kappa shape index (κ3) is 4.84. The van der Waals surface area contributed by atoms with Gasteiger partial charge in [-0.15, -0.1) is 0 Å². The van der Waals surface area contributed by atoms with E-state index in [-0.39, 0.29) is 24.1 Å². The van der Waals surface area contributed by atoms with Gasteiger partial charge in [0.25, 0.3) is 5.91 Å². The number of amides is 2. The molecule has 2 heterocycles. The minimum atomic E-state index is -0.322. The summed E-state index contributed by atoms with van der Waals surface area (Å²) >= 11 is 0. The van der Waals surface area contributed by atoms with Crippen LogP contribution in [0, 0.1) is 0 Å². The highest BCUT2D eigenvalue weighted by atomic mass is 16.3. The predicted octanol–water partition coefficient (Wildman–Crippen LogP) is 2.26. The van der Waals surface area contributed by atoms with Crippen molar-refractivity contribution in [3.8, 4) is 0 Å². The first-order valence-electron chi connectivity index (χ1n) is 8.61. The van der Waals surface area contributed by atoms with E-state index < -0.39 is 0 Å². The van der Waals surface area contributed by atoms with E-state index in [2.05, 4.69) is 5.10 Å². The monoisotopic (exact) mass is 366 g/mol. The van der Waals surface area contributed by atoms with E-state index in [0.29, 0.717) is 13.1 Å². The molecule has 0 N–H and O–H groups in total. The number of benzene rings is 1. The second kappa shape index (κ2) is 8.35. The molecule has 1 aromatic carbocycles. The molecule has 7 heteroatoms. The number of likely N-dealkylation sites (N-methyl/N-ethyl adjacent to an activating group) is 2. The minimum Gasteiger partial charge on any atom is -0.459 e. The predicted molar refractivity (Wildman–Crippen MR) is 99.9 cm³/mol. The summed E-state index contributed by atoms with van der Waals surface area (Å²) in [6.45, 7) is 1.09. The number of carbonyl (C=O) groups is 2. The average Bonchev–Trinajstić information content (AvgIpc) is 3.34. The molecule has 0 aliphatic carbocycles. The van der Waals surface area contributed by atoms with Crippen molar-refractivity contribution in [1.29, 1.82) is 0 Å². The first kappa shape index (κ1) is 18.4. The molecule has 0 radical (unpaired) electrons. The molecule has 0 atom stereocenters. The van der Waals surface area contributed by atoms with Crippen molar-refractivity contribution in [3.05, 3.63) is 78.0 Å². The Balaban J connectivity index is 1.53. The Morgan fingerprint density at radius 1 is 1.04 bits per heavy atom. The van der Waals surface area contributed by atoms with Gasteiger partial charge < -0.3 is 14.2 Å². The Morgan fingerprint density at radius 3 is 2.52 bits per heavy atom. The van der Waals surface area contributed by atoms with Gasteiger partial charge >= 0.3 is 0 Å². The normalized spacial score (nSPS) is 10.6. The topological polar surface area (TPSA) is 71.6 Å². The Kier molecular flexibility index (Phi) is 5.71.